The Labute approximate surface area is 189 Å². The third-order valence-corrected chi connectivity index (χ3v) is 5.60. The average Bonchev–Trinajstić information content (AvgIpc) is 3.54. The number of furan rings is 2. The number of hydrogen-bond donors (Lipinski definition) is 1. The molecule has 9 heteroatoms. The smallest absolute Gasteiger partial charge is 0.252 e. The summed E-state index contributed by atoms with van der Waals surface area (Å²) in [4.78, 5) is 18.0. The van der Waals surface area contributed by atoms with Crippen molar-refractivity contribution in [2.75, 3.05) is 0 Å². The zero-order valence-electron chi connectivity index (χ0n) is 18.5. The Morgan fingerprint density at radius 2 is 1.79 bits per heavy atom. The van der Waals surface area contributed by atoms with Crippen LogP contribution in [0.2, 0.25) is 0 Å². The maximum absolute atomic E-state index is 12.9. The number of H-pyrrole nitrogens is 1. The Hall–Kier alpha value is -3.98. The summed E-state index contributed by atoms with van der Waals surface area (Å²) in [6, 6.07) is 13.6. The lowest BCUT2D eigenvalue weighted by molar-refractivity contribution is 0.216. The highest BCUT2D eigenvalue weighted by Gasteiger charge is 2.17. The fraction of sp³-hybridized carbons (Fsp3) is 0.250. The zero-order chi connectivity index (χ0) is 22.8. The van der Waals surface area contributed by atoms with Crippen molar-refractivity contribution in [2.24, 2.45) is 0 Å². The third kappa shape index (κ3) is 4.63. The highest BCUT2D eigenvalue weighted by Crippen LogP contribution is 2.20. The first-order valence-corrected chi connectivity index (χ1v) is 10.7. The normalized spacial score (nSPS) is 11.6. The molecule has 0 bridgehead atoms. The molecule has 1 aromatic carbocycles. The Morgan fingerprint density at radius 3 is 2.55 bits per heavy atom. The van der Waals surface area contributed by atoms with Crippen LogP contribution in [0.5, 0.6) is 0 Å². The van der Waals surface area contributed by atoms with Crippen LogP contribution in [0.25, 0.3) is 10.9 Å². The van der Waals surface area contributed by atoms with Crippen LogP contribution in [-0.2, 0) is 26.2 Å². The maximum Gasteiger partial charge on any atom is 0.252 e. The zero-order valence-corrected chi connectivity index (χ0v) is 18.5. The van der Waals surface area contributed by atoms with Crippen LogP contribution in [0.1, 0.15) is 34.0 Å². The van der Waals surface area contributed by atoms with Gasteiger partial charge in [-0.1, -0.05) is 6.07 Å². The SMILES string of the molecule is Cc1cc(C)c2cc(CN(Cc3ccco3)Cc3nnnn3Cc3ccco3)c(=O)[nH]c2c1. The number of aromatic amines is 1. The molecule has 5 rings (SSSR count). The lowest BCUT2D eigenvalue weighted by Crippen LogP contribution is -2.28. The first-order valence-electron chi connectivity index (χ1n) is 10.7. The Kier molecular flexibility index (Phi) is 5.62. The first kappa shape index (κ1) is 20.9. The molecule has 0 fully saturated rings. The second-order valence-electron chi connectivity index (χ2n) is 8.22. The standard InChI is InChI=1S/C24H24N6O3/c1-16-9-17(2)21-11-18(24(31)25-22(21)10-16)12-29(13-19-5-3-7-32-19)15-23-26-27-28-30(23)14-20-6-4-8-33-20/h3-11H,12-15H2,1-2H3,(H,25,31). The number of pyridine rings is 1. The van der Waals surface area contributed by atoms with Crippen LogP contribution in [-0.4, -0.2) is 30.1 Å². The highest BCUT2D eigenvalue weighted by molar-refractivity contribution is 5.83. The monoisotopic (exact) mass is 444 g/mol. The summed E-state index contributed by atoms with van der Waals surface area (Å²) in [5.41, 5.74) is 3.66. The van der Waals surface area contributed by atoms with Crippen molar-refractivity contribution in [1.29, 1.82) is 0 Å². The number of benzene rings is 1. The molecule has 0 amide bonds. The van der Waals surface area contributed by atoms with Crippen molar-refractivity contribution in [1.82, 2.24) is 30.1 Å². The Bertz CT molecular complexity index is 1420. The molecule has 0 saturated carbocycles. The van der Waals surface area contributed by atoms with E-state index >= 15 is 0 Å². The first-order chi connectivity index (χ1) is 16.0. The summed E-state index contributed by atoms with van der Waals surface area (Å²) in [6.07, 6.45) is 3.26. The minimum Gasteiger partial charge on any atom is -0.468 e. The van der Waals surface area contributed by atoms with Gasteiger partial charge in [0.05, 0.1) is 25.6 Å². The van der Waals surface area contributed by atoms with E-state index < -0.39 is 0 Å². The number of tetrazole rings is 1. The second kappa shape index (κ2) is 8.87. The van der Waals surface area contributed by atoms with Gasteiger partial charge in [-0.3, -0.25) is 9.69 Å². The van der Waals surface area contributed by atoms with E-state index in [9.17, 15) is 4.79 Å². The lowest BCUT2D eigenvalue weighted by Gasteiger charge is -2.20. The minimum atomic E-state index is -0.105. The molecule has 1 N–H and O–H groups in total. The van der Waals surface area contributed by atoms with Crippen molar-refractivity contribution in [2.45, 2.75) is 40.0 Å². The molecule has 0 atom stereocenters. The van der Waals surface area contributed by atoms with Crippen molar-refractivity contribution >= 4 is 10.9 Å². The quantitative estimate of drug-likeness (QED) is 0.390. The fourth-order valence-electron chi connectivity index (χ4n) is 4.07. The molecule has 0 aliphatic heterocycles. The fourth-order valence-corrected chi connectivity index (χ4v) is 4.07. The van der Waals surface area contributed by atoms with Crippen molar-refractivity contribution in [3.8, 4) is 0 Å². The minimum absolute atomic E-state index is 0.105. The van der Waals surface area contributed by atoms with Gasteiger partial charge in [-0.2, -0.15) is 0 Å². The summed E-state index contributed by atoms with van der Waals surface area (Å²) in [6.45, 7) is 5.85. The van der Waals surface area contributed by atoms with Gasteiger partial charge in [0, 0.05) is 23.0 Å². The molecule has 4 heterocycles. The van der Waals surface area contributed by atoms with Crippen LogP contribution in [0.15, 0.2) is 68.6 Å². The molecule has 9 nitrogen and oxygen atoms in total. The molecule has 33 heavy (non-hydrogen) atoms. The van der Waals surface area contributed by atoms with E-state index in [-0.39, 0.29) is 5.56 Å². The van der Waals surface area contributed by atoms with Gasteiger partial charge in [0.15, 0.2) is 5.82 Å². The molecule has 0 unspecified atom stereocenters. The lowest BCUT2D eigenvalue weighted by atomic mass is 10.0. The van der Waals surface area contributed by atoms with E-state index in [2.05, 4.69) is 38.4 Å². The van der Waals surface area contributed by atoms with Gasteiger partial charge in [-0.15, -0.1) is 5.10 Å². The van der Waals surface area contributed by atoms with Gasteiger partial charge in [-0.25, -0.2) is 4.68 Å². The van der Waals surface area contributed by atoms with Crippen LogP contribution in [0.4, 0.5) is 0 Å². The molecule has 0 aliphatic carbocycles. The van der Waals surface area contributed by atoms with E-state index in [1.54, 1.807) is 17.2 Å². The van der Waals surface area contributed by atoms with Crippen LogP contribution < -0.4 is 5.56 Å². The summed E-state index contributed by atoms with van der Waals surface area (Å²) >= 11 is 0. The van der Waals surface area contributed by atoms with Crippen LogP contribution in [0.3, 0.4) is 0 Å². The molecule has 4 aromatic heterocycles. The molecule has 5 aromatic rings. The largest absolute Gasteiger partial charge is 0.468 e. The van der Waals surface area contributed by atoms with Gasteiger partial charge in [0.2, 0.25) is 0 Å². The summed E-state index contributed by atoms with van der Waals surface area (Å²) < 4.78 is 12.7. The van der Waals surface area contributed by atoms with E-state index in [0.717, 1.165) is 33.6 Å². The molecule has 0 spiro atoms. The molecular weight excluding hydrogens is 420 g/mol. The van der Waals surface area contributed by atoms with E-state index in [4.69, 9.17) is 8.83 Å². The number of aromatic nitrogens is 5. The van der Waals surface area contributed by atoms with Gasteiger partial charge in [0.25, 0.3) is 5.56 Å². The summed E-state index contributed by atoms with van der Waals surface area (Å²) in [7, 11) is 0. The van der Waals surface area contributed by atoms with Gasteiger partial charge < -0.3 is 13.8 Å². The van der Waals surface area contributed by atoms with Crippen LogP contribution in [0, 0.1) is 13.8 Å². The van der Waals surface area contributed by atoms with E-state index in [1.807, 2.05) is 43.3 Å². The Balaban J connectivity index is 1.45. The summed E-state index contributed by atoms with van der Waals surface area (Å²) in [5.74, 6) is 2.23. The van der Waals surface area contributed by atoms with Crippen LogP contribution >= 0.6 is 0 Å². The number of nitrogens with zero attached hydrogens (tertiary/aromatic N) is 5. The van der Waals surface area contributed by atoms with Gasteiger partial charge in [0.1, 0.15) is 18.1 Å². The molecule has 0 radical (unpaired) electrons. The van der Waals surface area contributed by atoms with Gasteiger partial charge in [-0.05, 0) is 71.8 Å². The van der Waals surface area contributed by atoms with Crippen molar-refractivity contribution in [3.05, 3.63) is 99.4 Å². The number of aryl methyl sites for hydroxylation is 2. The predicted molar refractivity (Wildman–Crippen MR) is 121 cm³/mol. The molecule has 0 aliphatic rings. The number of hydrogen-bond acceptors (Lipinski definition) is 7. The van der Waals surface area contributed by atoms with E-state index in [1.165, 1.54) is 0 Å². The molecule has 168 valence electrons. The molecule has 0 saturated heterocycles. The van der Waals surface area contributed by atoms with Crippen molar-refractivity contribution in [3.63, 3.8) is 0 Å². The van der Waals surface area contributed by atoms with E-state index in [0.29, 0.717) is 37.6 Å². The summed E-state index contributed by atoms with van der Waals surface area (Å²) in [5, 5.41) is 13.2. The Morgan fingerprint density at radius 1 is 1.00 bits per heavy atom. The highest BCUT2D eigenvalue weighted by atomic mass is 16.3. The number of nitrogens with one attached hydrogen (secondary N) is 1. The van der Waals surface area contributed by atoms with Crippen molar-refractivity contribution < 1.29 is 8.83 Å². The average molecular weight is 444 g/mol. The number of fused-ring (bicyclic) bond motifs is 1. The predicted octanol–water partition coefficient (Wildman–Crippen LogP) is 3.57. The number of rotatable bonds is 8. The second-order valence-corrected chi connectivity index (χ2v) is 8.22. The third-order valence-electron chi connectivity index (χ3n) is 5.60. The topological polar surface area (TPSA) is 106 Å². The van der Waals surface area contributed by atoms with Gasteiger partial charge >= 0.3 is 0 Å². The maximum atomic E-state index is 12.9. The molecular formula is C24H24N6O3.